The minimum atomic E-state index is -0.904. The minimum Gasteiger partial charge on any atom is -0.460 e. The van der Waals surface area contributed by atoms with E-state index in [1.165, 1.54) is 23.5 Å². The van der Waals surface area contributed by atoms with Gasteiger partial charge in [0.15, 0.2) is 10.9 Å². The highest BCUT2D eigenvalue weighted by molar-refractivity contribution is 7.14. The third-order valence-corrected chi connectivity index (χ3v) is 8.89. The quantitative estimate of drug-likeness (QED) is 0.169. The number of carbonyl (C=O) groups excluding carboxylic acids is 2. The van der Waals surface area contributed by atoms with E-state index in [0.717, 1.165) is 33.8 Å². The topological polar surface area (TPSA) is 91.7 Å². The summed E-state index contributed by atoms with van der Waals surface area (Å²) < 4.78 is 34.6. The molecule has 1 amide bonds. The number of aromatic nitrogens is 2. The van der Waals surface area contributed by atoms with E-state index in [-0.39, 0.29) is 42.2 Å². The van der Waals surface area contributed by atoms with Crippen LogP contribution >= 0.6 is 11.3 Å². The normalized spacial score (nSPS) is 17.8. The molecular weight excluding hydrogens is 629 g/mol. The van der Waals surface area contributed by atoms with Crippen LogP contribution in [-0.2, 0) is 25.5 Å². The molecule has 1 fully saturated rings. The molecule has 1 N–H and O–H groups in total. The third-order valence-electron chi connectivity index (χ3n) is 8.01. The maximum atomic E-state index is 14.3. The van der Waals surface area contributed by atoms with E-state index in [1.807, 2.05) is 77.3 Å². The van der Waals surface area contributed by atoms with E-state index < -0.39 is 11.4 Å². The van der Waals surface area contributed by atoms with Gasteiger partial charge in [0.1, 0.15) is 11.4 Å². The Hall–Kier alpha value is -3.86. The number of ether oxygens (including phenoxy) is 3. The summed E-state index contributed by atoms with van der Waals surface area (Å²) in [5.74, 6) is -1.86. The number of rotatable bonds is 10. The molecule has 0 aliphatic carbocycles. The van der Waals surface area contributed by atoms with Crippen LogP contribution in [0.25, 0.3) is 22.4 Å². The molecule has 5 rings (SSSR count). The standard InChI is InChI=1S/C38H46FN3O5S/c1-23(2)33-32(35(44)41-36-40-24(3)22-48-36)31(25-12-10-9-11-13-25)34(26-14-16-27(39)17-15-26)42(33)19-18-28-20-29(46-38(7,8)45-28)21-30(43)47-37(4,5)6/h9-17,22-23,28-29H,18-21H2,1-8H3,(H,40,41,44)/t28-,29-/m1/s1. The van der Waals surface area contributed by atoms with Gasteiger partial charge >= 0.3 is 5.97 Å². The molecule has 0 unspecified atom stereocenters. The Balaban J connectivity index is 1.59. The molecular formula is C38H46FN3O5S. The third kappa shape index (κ3) is 8.59. The Labute approximate surface area is 286 Å². The highest BCUT2D eigenvalue weighted by Crippen LogP contribution is 2.43. The van der Waals surface area contributed by atoms with Gasteiger partial charge in [-0.25, -0.2) is 9.37 Å². The smallest absolute Gasteiger partial charge is 0.308 e. The maximum absolute atomic E-state index is 14.3. The molecule has 48 heavy (non-hydrogen) atoms. The molecule has 0 spiro atoms. The summed E-state index contributed by atoms with van der Waals surface area (Å²) >= 11 is 1.38. The van der Waals surface area contributed by atoms with Crippen LogP contribution in [0.15, 0.2) is 60.0 Å². The molecule has 4 aromatic rings. The molecule has 3 heterocycles. The van der Waals surface area contributed by atoms with Crippen molar-refractivity contribution in [1.82, 2.24) is 9.55 Å². The summed E-state index contributed by atoms with van der Waals surface area (Å²) in [5.41, 5.74) is 4.91. The zero-order valence-electron chi connectivity index (χ0n) is 29.1. The van der Waals surface area contributed by atoms with Gasteiger partial charge in [-0.2, -0.15) is 0 Å². The maximum Gasteiger partial charge on any atom is 0.308 e. The predicted octanol–water partition coefficient (Wildman–Crippen LogP) is 9.13. The predicted molar refractivity (Wildman–Crippen MR) is 188 cm³/mol. The Kier molecular flexibility index (Phi) is 10.6. The van der Waals surface area contributed by atoms with Crippen molar-refractivity contribution in [3.8, 4) is 22.4 Å². The van der Waals surface area contributed by atoms with E-state index in [2.05, 4.69) is 28.7 Å². The molecule has 0 saturated carbocycles. The van der Waals surface area contributed by atoms with Gasteiger partial charge in [0, 0.05) is 29.6 Å². The summed E-state index contributed by atoms with van der Waals surface area (Å²) in [6.45, 7) is 15.8. The first-order valence-electron chi connectivity index (χ1n) is 16.5. The molecule has 2 aromatic heterocycles. The van der Waals surface area contributed by atoms with E-state index in [9.17, 15) is 14.0 Å². The van der Waals surface area contributed by atoms with Crippen LogP contribution in [0.3, 0.4) is 0 Å². The molecule has 8 nitrogen and oxygen atoms in total. The van der Waals surface area contributed by atoms with Gasteiger partial charge in [-0.1, -0.05) is 44.2 Å². The van der Waals surface area contributed by atoms with Crippen molar-refractivity contribution in [2.45, 2.75) is 111 Å². The lowest BCUT2D eigenvalue weighted by molar-refractivity contribution is -0.301. The Morgan fingerprint density at radius 3 is 2.33 bits per heavy atom. The summed E-state index contributed by atoms with van der Waals surface area (Å²) in [6, 6.07) is 16.2. The molecule has 0 bridgehead atoms. The van der Waals surface area contributed by atoms with Crippen LogP contribution in [-0.4, -0.2) is 45.0 Å². The fourth-order valence-corrected chi connectivity index (χ4v) is 7.11. The first-order valence-corrected chi connectivity index (χ1v) is 17.4. The van der Waals surface area contributed by atoms with Crippen molar-refractivity contribution in [2.24, 2.45) is 0 Å². The lowest BCUT2D eigenvalue weighted by Gasteiger charge is -2.41. The molecule has 256 valence electrons. The number of hydrogen-bond acceptors (Lipinski definition) is 7. The van der Waals surface area contributed by atoms with Gasteiger partial charge in [0.05, 0.1) is 35.6 Å². The fourth-order valence-electron chi connectivity index (χ4n) is 6.43. The second kappa shape index (κ2) is 14.3. The number of halogens is 1. The van der Waals surface area contributed by atoms with E-state index in [1.54, 1.807) is 12.1 Å². The average Bonchev–Trinajstić information content (AvgIpc) is 3.55. The van der Waals surface area contributed by atoms with Gasteiger partial charge in [-0.15, -0.1) is 11.3 Å². The van der Waals surface area contributed by atoms with Crippen molar-refractivity contribution in [3.63, 3.8) is 0 Å². The monoisotopic (exact) mass is 675 g/mol. The van der Waals surface area contributed by atoms with Crippen LogP contribution < -0.4 is 5.32 Å². The lowest BCUT2D eigenvalue weighted by atomic mass is 9.94. The number of thiazole rings is 1. The van der Waals surface area contributed by atoms with Crippen LogP contribution in [0.4, 0.5) is 9.52 Å². The van der Waals surface area contributed by atoms with Gasteiger partial charge in [-0.3, -0.25) is 14.9 Å². The van der Waals surface area contributed by atoms with E-state index >= 15 is 0 Å². The van der Waals surface area contributed by atoms with Crippen molar-refractivity contribution in [3.05, 3.63) is 82.7 Å². The number of nitrogens with zero attached hydrogens (tertiary/aromatic N) is 2. The van der Waals surface area contributed by atoms with Gasteiger partial charge in [0.25, 0.3) is 5.91 Å². The SMILES string of the molecule is Cc1csc(NC(=O)c2c(-c3ccccc3)c(-c3ccc(F)cc3)n(CC[C@@H]3C[C@H](CC(=O)OC(C)(C)C)OC(C)(C)O3)c2C(C)C)n1. The Morgan fingerprint density at radius 1 is 1.06 bits per heavy atom. The fraction of sp³-hybridized carbons (Fsp3) is 0.447. The average molecular weight is 676 g/mol. The molecule has 1 aliphatic heterocycles. The molecule has 0 radical (unpaired) electrons. The highest BCUT2D eigenvalue weighted by atomic mass is 32.1. The minimum absolute atomic E-state index is 0.0487. The summed E-state index contributed by atoms with van der Waals surface area (Å²) in [4.78, 5) is 31.5. The van der Waals surface area contributed by atoms with Crippen LogP contribution in [0.1, 0.15) is 95.4 Å². The zero-order chi connectivity index (χ0) is 34.8. The molecule has 2 atom stereocenters. The molecule has 1 saturated heterocycles. The van der Waals surface area contributed by atoms with Crippen LogP contribution in [0.5, 0.6) is 0 Å². The van der Waals surface area contributed by atoms with Crippen molar-refractivity contribution < 1.29 is 28.2 Å². The van der Waals surface area contributed by atoms with E-state index in [0.29, 0.717) is 30.1 Å². The first kappa shape index (κ1) is 35.4. The largest absolute Gasteiger partial charge is 0.460 e. The number of anilines is 1. The second-order valence-corrected chi connectivity index (χ2v) is 15.0. The second-order valence-electron chi connectivity index (χ2n) is 14.1. The number of aryl methyl sites for hydroxylation is 1. The van der Waals surface area contributed by atoms with Crippen molar-refractivity contribution in [2.75, 3.05) is 5.32 Å². The van der Waals surface area contributed by atoms with Crippen molar-refractivity contribution in [1.29, 1.82) is 0 Å². The molecule has 10 heteroatoms. The van der Waals surface area contributed by atoms with Crippen LogP contribution in [0, 0.1) is 12.7 Å². The highest BCUT2D eigenvalue weighted by Gasteiger charge is 2.38. The lowest BCUT2D eigenvalue weighted by Crippen LogP contribution is -2.46. The summed E-state index contributed by atoms with van der Waals surface area (Å²) in [7, 11) is 0. The Morgan fingerprint density at radius 2 is 1.73 bits per heavy atom. The number of esters is 1. The van der Waals surface area contributed by atoms with Crippen LogP contribution in [0.2, 0.25) is 0 Å². The van der Waals surface area contributed by atoms with Gasteiger partial charge in [-0.05, 0) is 89.3 Å². The Bertz CT molecular complexity index is 1740. The molecule has 1 aliphatic rings. The van der Waals surface area contributed by atoms with Crippen molar-refractivity contribution >= 4 is 28.3 Å². The number of nitrogens with one attached hydrogen (secondary N) is 1. The summed E-state index contributed by atoms with van der Waals surface area (Å²) in [5, 5.41) is 5.48. The zero-order valence-corrected chi connectivity index (χ0v) is 29.9. The first-order chi connectivity index (χ1) is 22.6. The van der Waals surface area contributed by atoms with E-state index in [4.69, 9.17) is 14.2 Å². The number of carbonyl (C=O) groups is 2. The summed E-state index contributed by atoms with van der Waals surface area (Å²) in [6.07, 6.45) is 0.611. The number of amides is 1. The number of hydrogen-bond donors (Lipinski definition) is 1. The van der Waals surface area contributed by atoms with Gasteiger partial charge in [0.2, 0.25) is 0 Å². The molecule has 2 aromatic carbocycles. The number of benzene rings is 2. The van der Waals surface area contributed by atoms with Gasteiger partial charge < -0.3 is 18.8 Å².